The first-order valence-electron chi connectivity index (χ1n) is 3.46. The second-order valence-electron chi connectivity index (χ2n) is 2.26. The minimum atomic E-state index is -1.69. The molecule has 0 bridgehead atoms. The van der Waals surface area contributed by atoms with Crippen LogP contribution < -0.4 is 5.30 Å². The Kier molecular flexibility index (Phi) is 3.04. The summed E-state index contributed by atoms with van der Waals surface area (Å²) < 4.78 is 10.8. The molecule has 1 nitrogen and oxygen atoms in total. The molecule has 0 aliphatic rings. The van der Waals surface area contributed by atoms with Gasteiger partial charge in [0.25, 0.3) is 0 Å². The lowest BCUT2D eigenvalue weighted by Gasteiger charge is -1.91. The molecule has 1 aromatic carbocycles. The van der Waals surface area contributed by atoms with Crippen molar-refractivity contribution < 1.29 is 4.57 Å². The van der Waals surface area contributed by atoms with E-state index in [1.807, 2.05) is 24.3 Å². The van der Waals surface area contributed by atoms with Crippen LogP contribution in [0.2, 0.25) is 0 Å². The Labute approximate surface area is 72.0 Å². The molecule has 0 spiro atoms. The molecule has 0 amide bonds. The summed E-state index contributed by atoms with van der Waals surface area (Å²) in [5, 5.41) is 0.707. The predicted molar refractivity (Wildman–Crippen MR) is 48.9 cm³/mol. The van der Waals surface area contributed by atoms with Gasteiger partial charge >= 0.3 is 7.15 Å². The SMILES string of the molecule is CCc1ccc([P+](=O)Cl)cc1. The third kappa shape index (κ3) is 2.28. The Balaban J connectivity index is 2.91. The third-order valence-corrected chi connectivity index (χ3v) is 2.84. The van der Waals surface area contributed by atoms with Crippen LogP contribution in [0.15, 0.2) is 24.3 Å². The molecule has 1 atom stereocenters. The molecule has 0 aromatic heterocycles. The lowest BCUT2D eigenvalue weighted by molar-refractivity contribution is 0.600. The normalized spacial score (nSPS) is 11.3. The van der Waals surface area contributed by atoms with Gasteiger partial charge in [-0.2, -0.15) is 0 Å². The van der Waals surface area contributed by atoms with Gasteiger partial charge in [-0.15, -0.1) is 0 Å². The van der Waals surface area contributed by atoms with Crippen molar-refractivity contribution in [2.45, 2.75) is 13.3 Å². The van der Waals surface area contributed by atoms with Crippen molar-refractivity contribution >= 4 is 23.7 Å². The van der Waals surface area contributed by atoms with E-state index in [1.165, 1.54) is 5.56 Å². The highest BCUT2D eigenvalue weighted by Crippen LogP contribution is 2.24. The monoisotopic (exact) mass is 187 g/mol. The fourth-order valence-electron chi connectivity index (χ4n) is 0.849. The van der Waals surface area contributed by atoms with E-state index in [4.69, 9.17) is 11.2 Å². The van der Waals surface area contributed by atoms with Crippen molar-refractivity contribution in [1.29, 1.82) is 0 Å². The van der Waals surface area contributed by atoms with Gasteiger partial charge in [0.1, 0.15) is 0 Å². The van der Waals surface area contributed by atoms with E-state index in [1.54, 1.807) is 0 Å². The molecule has 1 unspecified atom stereocenters. The van der Waals surface area contributed by atoms with E-state index in [-0.39, 0.29) is 0 Å². The fourth-order valence-corrected chi connectivity index (χ4v) is 1.57. The molecule has 0 saturated carbocycles. The van der Waals surface area contributed by atoms with Crippen LogP contribution in [0, 0.1) is 0 Å². The van der Waals surface area contributed by atoms with Crippen LogP contribution in [0.4, 0.5) is 0 Å². The van der Waals surface area contributed by atoms with Crippen LogP contribution in [-0.2, 0) is 11.0 Å². The third-order valence-electron chi connectivity index (χ3n) is 1.55. The van der Waals surface area contributed by atoms with Crippen molar-refractivity contribution in [2.75, 3.05) is 0 Å². The second-order valence-corrected chi connectivity index (χ2v) is 4.19. The Morgan fingerprint density at radius 2 is 1.91 bits per heavy atom. The lowest BCUT2D eigenvalue weighted by Crippen LogP contribution is -1.92. The Morgan fingerprint density at radius 3 is 2.27 bits per heavy atom. The Morgan fingerprint density at radius 1 is 1.36 bits per heavy atom. The van der Waals surface area contributed by atoms with Gasteiger partial charge in [0.15, 0.2) is 0 Å². The van der Waals surface area contributed by atoms with Gasteiger partial charge in [-0.05, 0) is 28.7 Å². The first kappa shape index (κ1) is 8.70. The summed E-state index contributed by atoms with van der Waals surface area (Å²) >= 11 is 5.41. The maximum Gasteiger partial charge on any atom is 0.494 e. The molecule has 1 aromatic rings. The summed E-state index contributed by atoms with van der Waals surface area (Å²) in [6.45, 7) is 2.08. The van der Waals surface area contributed by atoms with Crippen molar-refractivity contribution in [3.05, 3.63) is 29.8 Å². The number of halogens is 1. The van der Waals surface area contributed by atoms with Gasteiger partial charge < -0.3 is 0 Å². The van der Waals surface area contributed by atoms with Crippen molar-refractivity contribution in [1.82, 2.24) is 0 Å². The van der Waals surface area contributed by atoms with Crippen LogP contribution in [0.25, 0.3) is 0 Å². The highest BCUT2D eigenvalue weighted by Gasteiger charge is 2.14. The zero-order valence-corrected chi connectivity index (χ0v) is 7.90. The van der Waals surface area contributed by atoms with Gasteiger partial charge in [0, 0.05) is 0 Å². The summed E-state index contributed by atoms with van der Waals surface area (Å²) in [5.41, 5.74) is 1.24. The molecule has 0 N–H and O–H groups in total. The summed E-state index contributed by atoms with van der Waals surface area (Å²) in [7, 11) is -1.69. The molecular formula is C8H9ClOP+. The molecule has 3 heteroatoms. The van der Waals surface area contributed by atoms with E-state index in [2.05, 4.69) is 6.92 Å². The Hall–Kier alpha value is -0.390. The Bertz CT molecular complexity index is 255. The average Bonchev–Trinajstić information content (AvgIpc) is 2.05. The van der Waals surface area contributed by atoms with Gasteiger partial charge in [0.05, 0.1) is 0 Å². The highest BCUT2D eigenvalue weighted by molar-refractivity contribution is 7.80. The molecule has 58 valence electrons. The van der Waals surface area contributed by atoms with Crippen LogP contribution in [0.5, 0.6) is 0 Å². The lowest BCUT2D eigenvalue weighted by atomic mass is 10.2. The minimum Gasteiger partial charge on any atom is -0.0613 e. The van der Waals surface area contributed by atoms with Gasteiger partial charge in [-0.1, -0.05) is 19.1 Å². The quantitative estimate of drug-likeness (QED) is 0.651. The maximum atomic E-state index is 10.8. The zero-order valence-electron chi connectivity index (χ0n) is 6.25. The highest BCUT2D eigenvalue weighted by atomic mass is 35.7. The van der Waals surface area contributed by atoms with E-state index >= 15 is 0 Å². The second kappa shape index (κ2) is 3.85. The number of hydrogen-bond acceptors (Lipinski definition) is 1. The summed E-state index contributed by atoms with van der Waals surface area (Å²) in [6, 6.07) is 7.52. The average molecular weight is 188 g/mol. The molecule has 0 saturated heterocycles. The summed E-state index contributed by atoms with van der Waals surface area (Å²) in [5.74, 6) is 0. The zero-order chi connectivity index (χ0) is 8.27. The number of aryl methyl sites for hydroxylation is 1. The van der Waals surface area contributed by atoms with Gasteiger partial charge in [0.2, 0.25) is 16.5 Å². The topological polar surface area (TPSA) is 17.1 Å². The standard InChI is InChI=1S/C8H9ClOP/c1-2-7-3-5-8(6-4-7)11(9)10/h3-6H,2H2,1H3/q+1. The van der Waals surface area contributed by atoms with Crippen LogP contribution in [-0.4, -0.2) is 0 Å². The first-order valence-corrected chi connectivity index (χ1v) is 5.62. The molecule has 11 heavy (non-hydrogen) atoms. The number of rotatable bonds is 2. The fraction of sp³-hybridized carbons (Fsp3) is 0.250. The van der Waals surface area contributed by atoms with Crippen molar-refractivity contribution in [2.24, 2.45) is 0 Å². The number of hydrogen-bond donors (Lipinski definition) is 0. The maximum absolute atomic E-state index is 10.8. The van der Waals surface area contributed by atoms with Gasteiger partial charge in [-0.3, -0.25) is 0 Å². The van der Waals surface area contributed by atoms with Crippen LogP contribution in [0.3, 0.4) is 0 Å². The molecule has 1 rings (SSSR count). The van der Waals surface area contributed by atoms with Crippen LogP contribution in [0.1, 0.15) is 12.5 Å². The molecule has 0 heterocycles. The first-order chi connectivity index (χ1) is 5.24. The van der Waals surface area contributed by atoms with Crippen molar-refractivity contribution in [3.63, 3.8) is 0 Å². The largest absolute Gasteiger partial charge is 0.494 e. The summed E-state index contributed by atoms with van der Waals surface area (Å²) in [6.07, 6.45) is 0.999. The predicted octanol–water partition coefficient (Wildman–Crippen LogP) is 2.86. The van der Waals surface area contributed by atoms with E-state index in [0.717, 1.165) is 6.42 Å². The van der Waals surface area contributed by atoms with E-state index < -0.39 is 7.15 Å². The van der Waals surface area contributed by atoms with Crippen molar-refractivity contribution in [3.8, 4) is 0 Å². The molecule has 0 fully saturated rings. The van der Waals surface area contributed by atoms with Crippen LogP contribution >= 0.6 is 18.4 Å². The molecule has 0 aliphatic heterocycles. The number of benzene rings is 1. The molecule has 0 aliphatic carbocycles. The molecular weight excluding hydrogens is 179 g/mol. The van der Waals surface area contributed by atoms with Gasteiger partial charge in [-0.25, -0.2) is 0 Å². The minimum absolute atomic E-state index is 0.707. The van der Waals surface area contributed by atoms with E-state index in [0.29, 0.717) is 5.30 Å². The molecule has 0 radical (unpaired) electrons. The summed E-state index contributed by atoms with van der Waals surface area (Å²) in [4.78, 5) is 0. The van der Waals surface area contributed by atoms with E-state index in [9.17, 15) is 4.57 Å². The smallest absolute Gasteiger partial charge is 0.0613 e.